The van der Waals surface area contributed by atoms with Crippen LogP contribution in [0.3, 0.4) is 0 Å². The van der Waals surface area contributed by atoms with Crippen molar-refractivity contribution in [1.82, 2.24) is 5.32 Å². The molecular weight excluding hydrogens is 266 g/mol. The van der Waals surface area contributed by atoms with E-state index < -0.39 is 0 Å². The molecule has 0 spiro atoms. The second-order valence-corrected chi connectivity index (χ2v) is 5.39. The zero-order chi connectivity index (χ0) is 14.9. The van der Waals surface area contributed by atoms with Crippen LogP contribution in [0.15, 0.2) is 24.3 Å². The summed E-state index contributed by atoms with van der Waals surface area (Å²) >= 11 is 0. The van der Waals surface area contributed by atoms with Crippen molar-refractivity contribution in [3.05, 3.63) is 29.8 Å². The highest BCUT2D eigenvalue weighted by Crippen LogP contribution is 2.28. The summed E-state index contributed by atoms with van der Waals surface area (Å²) in [5.41, 5.74) is 1.29. The van der Waals surface area contributed by atoms with Crippen LogP contribution in [0.5, 0.6) is 5.75 Å². The largest absolute Gasteiger partial charge is 0.490 e. The van der Waals surface area contributed by atoms with Gasteiger partial charge in [0, 0.05) is 19.8 Å². The zero-order valence-electron chi connectivity index (χ0n) is 13.1. The van der Waals surface area contributed by atoms with Crippen LogP contribution in [-0.4, -0.2) is 39.6 Å². The average molecular weight is 293 g/mol. The fourth-order valence-electron chi connectivity index (χ4n) is 2.24. The molecule has 118 valence electrons. The molecule has 21 heavy (non-hydrogen) atoms. The van der Waals surface area contributed by atoms with Crippen LogP contribution in [0.1, 0.15) is 37.8 Å². The van der Waals surface area contributed by atoms with Crippen LogP contribution in [0, 0.1) is 0 Å². The van der Waals surface area contributed by atoms with Gasteiger partial charge in [0.15, 0.2) is 0 Å². The van der Waals surface area contributed by atoms with Crippen molar-refractivity contribution in [2.45, 2.75) is 38.3 Å². The molecule has 0 bridgehead atoms. The van der Waals surface area contributed by atoms with Gasteiger partial charge in [-0.15, -0.1) is 0 Å². The first-order valence-electron chi connectivity index (χ1n) is 7.90. The lowest BCUT2D eigenvalue weighted by molar-refractivity contribution is 0.0658. The van der Waals surface area contributed by atoms with E-state index in [1.807, 2.05) is 0 Å². The smallest absolute Gasteiger partial charge is 0.119 e. The molecule has 2 rings (SSSR count). The minimum absolute atomic E-state index is 0.326. The van der Waals surface area contributed by atoms with Crippen LogP contribution in [-0.2, 0) is 9.47 Å². The summed E-state index contributed by atoms with van der Waals surface area (Å²) in [6, 6.07) is 8.78. The molecule has 0 radical (unpaired) electrons. The van der Waals surface area contributed by atoms with E-state index in [1.165, 1.54) is 18.4 Å². The quantitative estimate of drug-likeness (QED) is 0.637. The van der Waals surface area contributed by atoms with E-state index in [2.05, 4.69) is 36.5 Å². The fourth-order valence-corrected chi connectivity index (χ4v) is 2.24. The number of ether oxygens (including phenoxy) is 3. The summed E-state index contributed by atoms with van der Waals surface area (Å²) in [5, 5.41) is 3.51. The third-order valence-corrected chi connectivity index (χ3v) is 3.54. The Morgan fingerprint density at radius 3 is 2.52 bits per heavy atom. The van der Waals surface area contributed by atoms with Gasteiger partial charge >= 0.3 is 0 Å². The summed E-state index contributed by atoms with van der Waals surface area (Å²) < 4.78 is 16.3. The van der Waals surface area contributed by atoms with Crippen molar-refractivity contribution in [3.63, 3.8) is 0 Å². The summed E-state index contributed by atoms with van der Waals surface area (Å²) in [7, 11) is 1.69. The van der Waals surface area contributed by atoms with Gasteiger partial charge in [-0.2, -0.15) is 0 Å². The molecule has 0 saturated heterocycles. The minimum Gasteiger partial charge on any atom is -0.490 e. The lowest BCUT2D eigenvalue weighted by atomic mass is 10.0. The average Bonchev–Trinajstić information content (AvgIpc) is 3.31. The number of hydrogen-bond acceptors (Lipinski definition) is 4. The predicted molar refractivity (Wildman–Crippen MR) is 83.8 cm³/mol. The molecule has 1 aromatic carbocycles. The van der Waals surface area contributed by atoms with E-state index in [4.69, 9.17) is 14.2 Å². The lowest BCUT2D eigenvalue weighted by Crippen LogP contribution is -2.22. The molecule has 1 N–H and O–H groups in total. The highest BCUT2D eigenvalue weighted by molar-refractivity contribution is 5.29. The van der Waals surface area contributed by atoms with Crippen molar-refractivity contribution in [2.24, 2.45) is 0 Å². The second kappa shape index (κ2) is 9.03. The number of benzene rings is 1. The number of nitrogens with one attached hydrogen (secondary N) is 1. The minimum atomic E-state index is 0.326. The maximum absolute atomic E-state index is 5.79. The first-order valence-corrected chi connectivity index (χ1v) is 7.90. The maximum atomic E-state index is 5.79. The van der Waals surface area contributed by atoms with Gasteiger partial charge in [0.1, 0.15) is 5.75 Å². The summed E-state index contributed by atoms with van der Waals surface area (Å²) in [4.78, 5) is 0. The van der Waals surface area contributed by atoms with Gasteiger partial charge in [-0.05, 0) is 43.5 Å². The number of rotatable bonds is 11. The molecule has 0 aliphatic heterocycles. The normalized spacial score (nSPS) is 15.9. The van der Waals surface area contributed by atoms with Crippen LogP contribution < -0.4 is 10.1 Å². The van der Waals surface area contributed by atoms with Crippen molar-refractivity contribution in [2.75, 3.05) is 33.5 Å². The Balaban J connectivity index is 1.80. The van der Waals surface area contributed by atoms with Crippen molar-refractivity contribution < 1.29 is 14.2 Å². The van der Waals surface area contributed by atoms with Gasteiger partial charge in [0.05, 0.1) is 19.3 Å². The van der Waals surface area contributed by atoms with Gasteiger partial charge < -0.3 is 19.5 Å². The molecule has 0 heterocycles. The van der Waals surface area contributed by atoms with Crippen LogP contribution in [0.2, 0.25) is 0 Å². The number of methoxy groups -OCH3 is 1. The highest BCUT2D eigenvalue weighted by Gasteiger charge is 2.23. The first-order chi connectivity index (χ1) is 10.3. The molecule has 1 aliphatic carbocycles. The molecule has 1 aromatic rings. The van der Waals surface area contributed by atoms with Gasteiger partial charge in [-0.1, -0.05) is 19.1 Å². The zero-order valence-corrected chi connectivity index (χ0v) is 13.1. The Labute approximate surface area is 127 Å². The van der Waals surface area contributed by atoms with Gasteiger partial charge in [-0.25, -0.2) is 0 Å². The van der Waals surface area contributed by atoms with E-state index in [9.17, 15) is 0 Å². The molecule has 0 aromatic heterocycles. The van der Waals surface area contributed by atoms with Crippen molar-refractivity contribution in [3.8, 4) is 5.75 Å². The Morgan fingerprint density at radius 1 is 1.14 bits per heavy atom. The summed E-state index contributed by atoms with van der Waals surface area (Å²) in [6.07, 6.45) is 3.80. The third kappa shape index (κ3) is 6.04. The van der Waals surface area contributed by atoms with E-state index in [0.29, 0.717) is 25.4 Å². The highest BCUT2D eigenvalue weighted by atomic mass is 16.5. The number of hydrogen-bond donors (Lipinski definition) is 1. The molecule has 4 nitrogen and oxygen atoms in total. The maximum Gasteiger partial charge on any atom is 0.119 e. The third-order valence-electron chi connectivity index (χ3n) is 3.54. The molecule has 1 unspecified atom stereocenters. The molecule has 1 saturated carbocycles. The van der Waals surface area contributed by atoms with Crippen molar-refractivity contribution >= 4 is 0 Å². The molecule has 1 aliphatic rings. The fraction of sp³-hybridized carbons (Fsp3) is 0.647. The summed E-state index contributed by atoms with van der Waals surface area (Å²) in [6.45, 7) is 5.12. The van der Waals surface area contributed by atoms with Crippen LogP contribution in [0.4, 0.5) is 0 Å². The predicted octanol–water partition coefficient (Wildman–Crippen LogP) is 2.93. The summed E-state index contributed by atoms with van der Waals surface area (Å²) in [5.74, 6) is 0.979. The van der Waals surface area contributed by atoms with Gasteiger partial charge in [0.25, 0.3) is 0 Å². The van der Waals surface area contributed by atoms with E-state index in [0.717, 1.165) is 25.3 Å². The molecule has 0 amide bonds. The van der Waals surface area contributed by atoms with E-state index in [-0.39, 0.29) is 0 Å². The molecule has 1 atom stereocenters. The van der Waals surface area contributed by atoms with Crippen molar-refractivity contribution in [1.29, 1.82) is 0 Å². The lowest BCUT2D eigenvalue weighted by Gasteiger charge is -2.19. The van der Waals surface area contributed by atoms with Crippen LogP contribution >= 0.6 is 0 Å². The first kappa shape index (κ1) is 16.3. The molecular formula is C17H27NO3. The Morgan fingerprint density at radius 2 is 1.90 bits per heavy atom. The Hall–Kier alpha value is -1.10. The second-order valence-electron chi connectivity index (χ2n) is 5.39. The topological polar surface area (TPSA) is 39.7 Å². The monoisotopic (exact) mass is 293 g/mol. The standard InChI is InChI=1S/C17H27NO3/c1-3-18-17(10-11-20-13-12-19-2)14-4-6-15(7-5-14)21-16-8-9-16/h4-7,16-18H,3,8-13H2,1-2H3. The molecule has 4 heteroatoms. The van der Waals surface area contributed by atoms with E-state index in [1.54, 1.807) is 7.11 Å². The Kier molecular flexibility index (Phi) is 7.00. The SMILES string of the molecule is CCNC(CCOCCOC)c1ccc(OC2CC2)cc1. The van der Waals surface area contributed by atoms with E-state index >= 15 is 0 Å². The van der Waals surface area contributed by atoms with Gasteiger partial charge in [-0.3, -0.25) is 0 Å². The molecule has 1 fully saturated rings. The van der Waals surface area contributed by atoms with Gasteiger partial charge in [0.2, 0.25) is 0 Å². The van der Waals surface area contributed by atoms with Crippen LogP contribution in [0.25, 0.3) is 0 Å². The Bertz CT molecular complexity index is 390.